The lowest BCUT2D eigenvalue weighted by Gasteiger charge is -2.06. The van der Waals surface area contributed by atoms with E-state index in [9.17, 15) is 4.79 Å². The minimum absolute atomic E-state index is 0.247. The van der Waals surface area contributed by atoms with Gasteiger partial charge in [-0.25, -0.2) is 4.79 Å². The Labute approximate surface area is 157 Å². The van der Waals surface area contributed by atoms with E-state index < -0.39 is 12.1 Å². The molecule has 0 amide bonds. The van der Waals surface area contributed by atoms with Crippen LogP contribution in [0.15, 0.2) is 59.0 Å². The van der Waals surface area contributed by atoms with Crippen molar-refractivity contribution in [3.8, 4) is 17.2 Å². The number of methoxy groups -OCH3 is 1. The average Bonchev–Trinajstić information content (AvgIpc) is 3.18. The zero-order valence-corrected chi connectivity index (χ0v) is 15.4. The molecule has 0 aliphatic carbocycles. The molecule has 0 radical (unpaired) electrons. The molecule has 0 fully saturated rings. The summed E-state index contributed by atoms with van der Waals surface area (Å²) in [4.78, 5) is 12.0. The number of esters is 1. The largest absolute Gasteiger partial charge is 0.497 e. The van der Waals surface area contributed by atoms with Gasteiger partial charge in [-0.1, -0.05) is 29.8 Å². The minimum atomic E-state index is -0.648. The topological polar surface area (TPSA) is 74.5 Å². The fraction of sp³-hybridized carbons (Fsp3) is 0.190. The van der Waals surface area contributed by atoms with Crippen LogP contribution < -0.4 is 4.74 Å². The number of carbonyl (C=O) groups excluding carboxylic acids is 1. The van der Waals surface area contributed by atoms with Gasteiger partial charge in [-0.15, -0.1) is 10.2 Å². The molecule has 0 saturated heterocycles. The number of rotatable bonds is 6. The highest BCUT2D eigenvalue weighted by atomic mass is 16.6. The van der Waals surface area contributed by atoms with Crippen molar-refractivity contribution >= 4 is 12.0 Å². The van der Waals surface area contributed by atoms with Crippen LogP contribution in [0, 0.1) is 6.92 Å². The standard InChI is InChI=1S/C21H20N2O4/c1-14-4-9-17(10-5-14)21-23-22-20(27-21)15(2)26-19(24)13-8-16-6-11-18(25-3)12-7-16/h4-13,15H,1-3H3/b13-8+. The van der Waals surface area contributed by atoms with Gasteiger partial charge in [0.15, 0.2) is 6.10 Å². The van der Waals surface area contributed by atoms with E-state index >= 15 is 0 Å². The lowest BCUT2D eigenvalue weighted by Crippen LogP contribution is -2.06. The number of nitrogens with zero attached hydrogens (tertiary/aromatic N) is 2. The lowest BCUT2D eigenvalue weighted by molar-refractivity contribution is -0.143. The van der Waals surface area contributed by atoms with Crippen molar-refractivity contribution < 1.29 is 18.7 Å². The van der Waals surface area contributed by atoms with Crippen LogP contribution in [-0.2, 0) is 9.53 Å². The quantitative estimate of drug-likeness (QED) is 0.477. The molecule has 0 aliphatic heterocycles. The number of hydrogen-bond acceptors (Lipinski definition) is 6. The van der Waals surface area contributed by atoms with Gasteiger partial charge in [0.25, 0.3) is 5.89 Å². The highest BCUT2D eigenvalue weighted by Crippen LogP contribution is 2.23. The minimum Gasteiger partial charge on any atom is -0.497 e. The van der Waals surface area contributed by atoms with Gasteiger partial charge in [-0.3, -0.25) is 0 Å². The van der Waals surface area contributed by atoms with E-state index in [4.69, 9.17) is 13.9 Å². The van der Waals surface area contributed by atoms with Crippen molar-refractivity contribution in [1.82, 2.24) is 10.2 Å². The summed E-state index contributed by atoms with van der Waals surface area (Å²) < 4.78 is 16.0. The highest BCUT2D eigenvalue weighted by molar-refractivity contribution is 5.87. The van der Waals surface area contributed by atoms with Crippen LogP contribution in [0.5, 0.6) is 5.75 Å². The lowest BCUT2D eigenvalue weighted by atomic mass is 10.1. The molecule has 0 spiro atoms. The Bertz CT molecular complexity index is 928. The van der Waals surface area contributed by atoms with E-state index in [0.717, 1.165) is 22.4 Å². The Balaban J connectivity index is 1.61. The van der Waals surface area contributed by atoms with Gasteiger partial charge < -0.3 is 13.9 Å². The van der Waals surface area contributed by atoms with E-state index in [-0.39, 0.29) is 5.89 Å². The second-order valence-electron chi connectivity index (χ2n) is 6.00. The maximum Gasteiger partial charge on any atom is 0.331 e. The summed E-state index contributed by atoms with van der Waals surface area (Å²) in [6, 6.07) is 15.1. The van der Waals surface area contributed by atoms with E-state index in [2.05, 4.69) is 10.2 Å². The third kappa shape index (κ3) is 4.82. The number of aryl methyl sites for hydroxylation is 1. The van der Waals surface area contributed by atoms with E-state index in [1.54, 1.807) is 20.1 Å². The zero-order valence-electron chi connectivity index (χ0n) is 15.4. The summed E-state index contributed by atoms with van der Waals surface area (Å²) >= 11 is 0. The molecule has 0 aliphatic rings. The van der Waals surface area contributed by atoms with Crippen LogP contribution in [0.1, 0.15) is 30.0 Å². The molecule has 2 aromatic carbocycles. The van der Waals surface area contributed by atoms with Crippen molar-refractivity contribution in [3.05, 3.63) is 71.6 Å². The molecule has 1 heterocycles. The van der Waals surface area contributed by atoms with Crippen molar-refractivity contribution in [2.45, 2.75) is 20.0 Å². The Kier molecular flexibility index (Phi) is 5.66. The first-order chi connectivity index (χ1) is 13.0. The van der Waals surface area contributed by atoms with E-state index in [0.29, 0.717) is 5.89 Å². The van der Waals surface area contributed by atoms with Crippen molar-refractivity contribution in [2.75, 3.05) is 7.11 Å². The van der Waals surface area contributed by atoms with Crippen molar-refractivity contribution in [1.29, 1.82) is 0 Å². The molecule has 0 bridgehead atoms. The summed E-state index contributed by atoms with van der Waals surface area (Å²) in [6.45, 7) is 3.69. The monoisotopic (exact) mass is 364 g/mol. The van der Waals surface area contributed by atoms with Crippen LogP contribution >= 0.6 is 0 Å². The Hall–Kier alpha value is -3.41. The summed E-state index contributed by atoms with van der Waals surface area (Å²) in [5.41, 5.74) is 2.82. The molecule has 1 atom stereocenters. The smallest absolute Gasteiger partial charge is 0.331 e. The number of ether oxygens (including phenoxy) is 2. The number of hydrogen-bond donors (Lipinski definition) is 0. The average molecular weight is 364 g/mol. The van der Waals surface area contributed by atoms with Gasteiger partial charge >= 0.3 is 5.97 Å². The van der Waals surface area contributed by atoms with Gasteiger partial charge in [0.05, 0.1) is 7.11 Å². The first kappa shape index (κ1) is 18.4. The number of benzene rings is 2. The third-order valence-corrected chi connectivity index (χ3v) is 3.91. The molecule has 0 N–H and O–H groups in total. The molecule has 3 aromatic rings. The van der Waals surface area contributed by atoms with Crippen molar-refractivity contribution in [2.24, 2.45) is 0 Å². The summed E-state index contributed by atoms with van der Waals surface area (Å²) in [5, 5.41) is 7.99. The van der Waals surface area contributed by atoms with Gasteiger partial charge in [0.1, 0.15) is 5.75 Å². The fourth-order valence-electron chi connectivity index (χ4n) is 2.35. The molecule has 1 unspecified atom stereocenters. The van der Waals surface area contributed by atoms with Crippen molar-refractivity contribution in [3.63, 3.8) is 0 Å². The van der Waals surface area contributed by atoms with Crippen LogP contribution in [0.2, 0.25) is 0 Å². The maximum absolute atomic E-state index is 12.0. The molecule has 27 heavy (non-hydrogen) atoms. The zero-order chi connectivity index (χ0) is 19.2. The van der Waals surface area contributed by atoms with Crippen LogP contribution in [0.25, 0.3) is 17.5 Å². The Morgan fingerprint density at radius 3 is 2.44 bits per heavy atom. The van der Waals surface area contributed by atoms with Crippen LogP contribution in [0.3, 0.4) is 0 Å². The van der Waals surface area contributed by atoms with Gasteiger partial charge in [-0.05, 0) is 49.8 Å². The SMILES string of the molecule is COc1ccc(/C=C/C(=O)OC(C)c2nnc(-c3ccc(C)cc3)o2)cc1. The van der Waals surface area contributed by atoms with Crippen LogP contribution in [-0.4, -0.2) is 23.3 Å². The first-order valence-corrected chi connectivity index (χ1v) is 8.48. The summed E-state index contributed by atoms with van der Waals surface area (Å²) in [7, 11) is 1.60. The van der Waals surface area contributed by atoms with E-state index in [1.165, 1.54) is 6.08 Å². The number of carbonyl (C=O) groups is 1. The Morgan fingerprint density at radius 1 is 1.07 bits per heavy atom. The normalized spacial score (nSPS) is 12.1. The second kappa shape index (κ2) is 8.31. The van der Waals surface area contributed by atoms with Gasteiger partial charge in [0.2, 0.25) is 5.89 Å². The van der Waals surface area contributed by atoms with E-state index in [1.807, 2.05) is 55.5 Å². The molecule has 3 rings (SSSR count). The molecular formula is C21H20N2O4. The van der Waals surface area contributed by atoms with Gasteiger partial charge in [-0.2, -0.15) is 0 Å². The highest BCUT2D eigenvalue weighted by Gasteiger charge is 2.18. The molecule has 0 saturated carbocycles. The molecule has 6 heteroatoms. The van der Waals surface area contributed by atoms with Crippen LogP contribution in [0.4, 0.5) is 0 Å². The first-order valence-electron chi connectivity index (χ1n) is 8.48. The summed E-state index contributed by atoms with van der Waals surface area (Å²) in [6.07, 6.45) is 2.38. The molecule has 1 aromatic heterocycles. The predicted molar refractivity (Wildman–Crippen MR) is 101 cm³/mol. The summed E-state index contributed by atoms with van der Waals surface area (Å²) in [5.74, 6) is 0.899. The molecule has 138 valence electrons. The predicted octanol–water partition coefficient (Wildman–Crippen LogP) is 4.37. The second-order valence-corrected chi connectivity index (χ2v) is 6.00. The van der Waals surface area contributed by atoms with Gasteiger partial charge in [0, 0.05) is 11.6 Å². The Morgan fingerprint density at radius 2 is 1.78 bits per heavy atom. The number of aromatic nitrogens is 2. The molecular weight excluding hydrogens is 344 g/mol. The fourth-order valence-corrected chi connectivity index (χ4v) is 2.35. The third-order valence-electron chi connectivity index (χ3n) is 3.91. The molecule has 6 nitrogen and oxygen atoms in total. The maximum atomic E-state index is 12.0.